The van der Waals surface area contributed by atoms with Crippen LogP contribution in [0.1, 0.15) is 30.4 Å². The Morgan fingerprint density at radius 1 is 1.05 bits per heavy atom. The molecule has 0 radical (unpaired) electrons. The number of carbonyl (C=O) groups excluding carboxylic acids is 1. The van der Waals surface area contributed by atoms with E-state index in [-0.39, 0.29) is 5.97 Å². The molecule has 2 aromatic rings. The minimum Gasteiger partial charge on any atom is -0.425 e. The molecule has 0 amide bonds. The molecule has 0 spiro atoms. The number of benzene rings is 2. The Kier molecular flexibility index (Phi) is 3.61. The number of hydrogen-bond acceptors (Lipinski definition) is 2. The van der Waals surface area contributed by atoms with Gasteiger partial charge in [-0.1, -0.05) is 54.6 Å². The highest BCUT2D eigenvalue weighted by Gasteiger charge is 2.49. The first-order valence-electron chi connectivity index (χ1n) is 7.27. The van der Waals surface area contributed by atoms with Crippen LogP contribution < -0.4 is 4.74 Å². The third kappa shape index (κ3) is 2.17. The van der Waals surface area contributed by atoms with Crippen molar-refractivity contribution in [3.8, 4) is 5.75 Å². The third-order valence-electron chi connectivity index (χ3n) is 4.12. The highest BCUT2D eigenvalue weighted by Crippen LogP contribution is 2.47. The predicted octanol–water partition coefficient (Wildman–Crippen LogP) is 4.25. The van der Waals surface area contributed by atoms with Crippen LogP contribution >= 0.6 is 0 Å². The molecule has 1 heterocycles. The molecule has 2 heteroatoms. The molecule has 1 atom stereocenters. The topological polar surface area (TPSA) is 26.3 Å². The fourth-order valence-corrected chi connectivity index (χ4v) is 3.09. The standard InChI is InChI=1S/C19H18O2/c1-2-3-9-14-19(15-10-5-4-6-11-15)16-12-7-8-13-17(16)21-18(19)20/h2,4-8,10-13H,1,3,9,14H2. The van der Waals surface area contributed by atoms with Gasteiger partial charge in [-0.15, -0.1) is 6.58 Å². The van der Waals surface area contributed by atoms with E-state index in [4.69, 9.17) is 4.74 Å². The molecule has 1 unspecified atom stereocenters. The number of para-hydroxylation sites is 1. The van der Waals surface area contributed by atoms with E-state index in [0.29, 0.717) is 5.75 Å². The lowest BCUT2D eigenvalue weighted by molar-refractivity contribution is -0.137. The summed E-state index contributed by atoms with van der Waals surface area (Å²) in [5.41, 5.74) is 1.30. The monoisotopic (exact) mass is 278 g/mol. The van der Waals surface area contributed by atoms with E-state index in [1.165, 1.54) is 0 Å². The van der Waals surface area contributed by atoms with Crippen molar-refractivity contribution in [1.29, 1.82) is 0 Å². The minimum atomic E-state index is -0.680. The third-order valence-corrected chi connectivity index (χ3v) is 4.12. The van der Waals surface area contributed by atoms with Gasteiger partial charge in [-0.05, 0) is 30.9 Å². The van der Waals surface area contributed by atoms with Crippen LogP contribution in [0.4, 0.5) is 0 Å². The van der Waals surface area contributed by atoms with Gasteiger partial charge in [-0.25, -0.2) is 0 Å². The highest BCUT2D eigenvalue weighted by atomic mass is 16.5. The van der Waals surface area contributed by atoms with E-state index < -0.39 is 5.41 Å². The van der Waals surface area contributed by atoms with Gasteiger partial charge in [0.2, 0.25) is 0 Å². The van der Waals surface area contributed by atoms with Crippen molar-refractivity contribution >= 4 is 5.97 Å². The van der Waals surface area contributed by atoms with Crippen LogP contribution in [-0.2, 0) is 10.2 Å². The molecule has 0 fully saturated rings. The van der Waals surface area contributed by atoms with Gasteiger partial charge in [0, 0.05) is 5.56 Å². The lowest BCUT2D eigenvalue weighted by Gasteiger charge is -2.26. The summed E-state index contributed by atoms with van der Waals surface area (Å²) in [7, 11) is 0. The Hall–Kier alpha value is -2.35. The van der Waals surface area contributed by atoms with E-state index >= 15 is 0 Å². The van der Waals surface area contributed by atoms with Crippen LogP contribution in [0.5, 0.6) is 5.75 Å². The molecule has 2 aromatic carbocycles. The molecule has 1 aliphatic rings. The van der Waals surface area contributed by atoms with Crippen LogP contribution in [0.15, 0.2) is 67.3 Å². The van der Waals surface area contributed by atoms with Crippen molar-refractivity contribution < 1.29 is 9.53 Å². The Balaban J connectivity index is 2.13. The number of fused-ring (bicyclic) bond motifs is 1. The molecular formula is C19H18O2. The summed E-state index contributed by atoms with van der Waals surface area (Å²) in [6.07, 6.45) is 4.43. The maximum Gasteiger partial charge on any atom is 0.326 e. The van der Waals surface area contributed by atoms with Crippen molar-refractivity contribution in [3.63, 3.8) is 0 Å². The summed E-state index contributed by atoms with van der Waals surface area (Å²) in [6.45, 7) is 3.77. The summed E-state index contributed by atoms with van der Waals surface area (Å²) >= 11 is 0. The number of carbonyl (C=O) groups is 1. The molecule has 1 aliphatic heterocycles. The molecule has 0 bridgehead atoms. The van der Waals surface area contributed by atoms with Gasteiger partial charge in [0.1, 0.15) is 11.2 Å². The summed E-state index contributed by atoms with van der Waals surface area (Å²) in [5.74, 6) is 0.518. The first-order valence-corrected chi connectivity index (χ1v) is 7.27. The molecule has 0 saturated heterocycles. The Bertz CT molecular complexity index is 660. The fourth-order valence-electron chi connectivity index (χ4n) is 3.09. The van der Waals surface area contributed by atoms with Gasteiger partial charge in [0.25, 0.3) is 0 Å². The highest BCUT2D eigenvalue weighted by molar-refractivity contribution is 5.94. The zero-order valence-corrected chi connectivity index (χ0v) is 11.9. The largest absolute Gasteiger partial charge is 0.425 e. The number of rotatable bonds is 5. The van der Waals surface area contributed by atoms with Gasteiger partial charge < -0.3 is 4.74 Å². The summed E-state index contributed by atoms with van der Waals surface area (Å²) in [6, 6.07) is 17.7. The maximum absolute atomic E-state index is 12.7. The maximum atomic E-state index is 12.7. The molecule has 0 N–H and O–H groups in total. The second-order valence-electron chi connectivity index (χ2n) is 5.34. The molecule has 21 heavy (non-hydrogen) atoms. The van der Waals surface area contributed by atoms with E-state index in [1.54, 1.807) is 0 Å². The van der Waals surface area contributed by atoms with E-state index in [9.17, 15) is 4.79 Å². The van der Waals surface area contributed by atoms with E-state index in [0.717, 1.165) is 30.4 Å². The molecule has 3 rings (SSSR count). The van der Waals surface area contributed by atoms with Crippen molar-refractivity contribution in [2.75, 3.05) is 0 Å². The lowest BCUT2D eigenvalue weighted by atomic mass is 9.72. The van der Waals surface area contributed by atoms with Gasteiger partial charge >= 0.3 is 5.97 Å². The number of unbranched alkanes of at least 4 members (excludes halogenated alkanes) is 1. The molecule has 106 valence electrons. The summed E-state index contributed by atoms with van der Waals surface area (Å²) < 4.78 is 5.54. The van der Waals surface area contributed by atoms with Crippen molar-refractivity contribution in [3.05, 3.63) is 78.4 Å². The average molecular weight is 278 g/mol. The van der Waals surface area contributed by atoms with Gasteiger partial charge in [0.15, 0.2) is 0 Å². The van der Waals surface area contributed by atoms with Crippen LogP contribution in [0.3, 0.4) is 0 Å². The van der Waals surface area contributed by atoms with Gasteiger partial charge in [-0.3, -0.25) is 4.79 Å². The van der Waals surface area contributed by atoms with Crippen molar-refractivity contribution in [2.45, 2.75) is 24.7 Å². The smallest absolute Gasteiger partial charge is 0.326 e. The second-order valence-corrected chi connectivity index (χ2v) is 5.34. The molecule has 0 aliphatic carbocycles. The normalized spacial score (nSPS) is 19.9. The SMILES string of the molecule is C=CCCCC1(c2ccccc2)C(=O)Oc2ccccc21. The molecule has 0 aromatic heterocycles. The Labute approximate surface area is 125 Å². The molecule has 2 nitrogen and oxygen atoms in total. The van der Waals surface area contributed by atoms with Crippen LogP contribution in [0.2, 0.25) is 0 Å². The van der Waals surface area contributed by atoms with E-state index in [1.807, 2.05) is 60.7 Å². The first-order chi connectivity index (χ1) is 10.3. The Morgan fingerprint density at radius 3 is 2.52 bits per heavy atom. The molecule has 0 saturated carbocycles. The van der Waals surface area contributed by atoms with Crippen LogP contribution in [-0.4, -0.2) is 5.97 Å². The number of allylic oxidation sites excluding steroid dienone is 1. The minimum absolute atomic E-state index is 0.168. The van der Waals surface area contributed by atoms with Crippen LogP contribution in [0.25, 0.3) is 0 Å². The van der Waals surface area contributed by atoms with Gasteiger partial charge in [0.05, 0.1) is 0 Å². The zero-order chi connectivity index (χ0) is 14.7. The Morgan fingerprint density at radius 2 is 1.76 bits per heavy atom. The van der Waals surface area contributed by atoms with Gasteiger partial charge in [-0.2, -0.15) is 0 Å². The molecular weight excluding hydrogens is 260 g/mol. The summed E-state index contributed by atoms with van der Waals surface area (Å²) in [5, 5.41) is 0. The predicted molar refractivity (Wildman–Crippen MR) is 83.3 cm³/mol. The number of esters is 1. The summed E-state index contributed by atoms with van der Waals surface area (Å²) in [4.78, 5) is 12.7. The fraction of sp³-hybridized carbons (Fsp3) is 0.211. The zero-order valence-electron chi connectivity index (χ0n) is 11.9. The van der Waals surface area contributed by atoms with Crippen LogP contribution in [0, 0.1) is 0 Å². The van der Waals surface area contributed by atoms with Crippen molar-refractivity contribution in [2.24, 2.45) is 0 Å². The number of hydrogen-bond donors (Lipinski definition) is 0. The number of ether oxygens (including phenoxy) is 1. The average Bonchev–Trinajstić information content (AvgIpc) is 2.81. The van der Waals surface area contributed by atoms with E-state index in [2.05, 4.69) is 6.58 Å². The first kappa shape index (κ1) is 13.6. The quantitative estimate of drug-likeness (QED) is 0.354. The lowest BCUT2D eigenvalue weighted by Crippen LogP contribution is -2.35. The van der Waals surface area contributed by atoms with Crippen molar-refractivity contribution in [1.82, 2.24) is 0 Å². The second kappa shape index (κ2) is 5.57.